The highest BCUT2D eigenvalue weighted by Gasteiger charge is 2.43. The number of rotatable bonds is 10. The van der Waals surface area contributed by atoms with Crippen LogP contribution in [0.25, 0.3) is 0 Å². The van der Waals surface area contributed by atoms with Gasteiger partial charge in [-0.1, -0.05) is 31.9 Å². The van der Waals surface area contributed by atoms with Gasteiger partial charge in [-0.3, -0.25) is 24.0 Å². The van der Waals surface area contributed by atoms with Crippen molar-refractivity contribution in [2.24, 2.45) is 0 Å². The normalized spacial score (nSPS) is 26.6. The van der Waals surface area contributed by atoms with Crippen molar-refractivity contribution in [3.05, 3.63) is 29.8 Å². The van der Waals surface area contributed by atoms with E-state index >= 15 is 0 Å². The van der Waals surface area contributed by atoms with E-state index in [2.05, 4.69) is 16.0 Å². The monoisotopic (exact) mass is 558 g/mol. The maximum atomic E-state index is 13.7. The summed E-state index contributed by atoms with van der Waals surface area (Å²) in [4.78, 5) is 67.3. The number of phenols is 1. The van der Waals surface area contributed by atoms with Gasteiger partial charge < -0.3 is 31.1 Å². The fourth-order valence-electron chi connectivity index (χ4n) is 5.12. The SMILES string of the molecule is CC[C@]1(C)NC(=O)[C@H](CCCCCC(=O)[C@@H](C)O)NC(=O)C2CCCN2C(=O)[C@@H](Cc2ccc(O)cc2)NC1=O. The van der Waals surface area contributed by atoms with Crippen LogP contribution in [0, 0.1) is 0 Å². The van der Waals surface area contributed by atoms with E-state index in [0.29, 0.717) is 45.1 Å². The summed E-state index contributed by atoms with van der Waals surface area (Å²) < 4.78 is 0. The molecule has 3 rings (SSSR count). The van der Waals surface area contributed by atoms with Crippen molar-refractivity contribution in [2.75, 3.05) is 6.54 Å². The molecule has 0 bridgehead atoms. The van der Waals surface area contributed by atoms with Gasteiger partial charge in [0.15, 0.2) is 5.78 Å². The van der Waals surface area contributed by atoms with Crippen molar-refractivity contribution in [2.45, 2.75) is 108 Å². The van der Waals surface area contributed by atoms with Crippen LogP contribution in [-0.2, 0) is 30.4 Å². The van der Waals surface area contributed by atoms with E-state index in [9.17, 15) is 34.2 Å². The number of aromatic hydroxyl groups is 1. The molecule has 0 radical (unpaired) electrons. The molecule has 220 valence electrons. The first kappa shape index (κ1) is 31.1. The molecular weight excluding hydrogens is 516 g/mol. The molecule has 0 spiro atoms. The summed E-state index contributed by atoms with van der Waals surface area (Å²) in [6.07, 6.45) is 2.71. The Labute approximate surface area is 235 Å². The average Bonchev–Trinajstić information content (AvgIpc) is 3.41. The second-order valence-corrected chi connectivity index (χ2v) is 11.1. The number of nitrogens with one attached hydrogen (secondary N) is 3. The third kappa shape index (κ3) is 7.80. The van der Waals surface area contributed by atoms with E-state index in [1.807, 2.05) is 0 Å². The molecule has 2 saturated heterocycles. The minimum atomic E-state index is -1.33. The number of fused-ring (bicyclic) bond motifs is 1. The number of ketones is 1. The first-order valence-electron chi connectivity index (χ1n) is 14.2. The van der Waals surface area contributed by atoms with Crippen molar-refractivity contribution < 1.29 is 34.2 Å². The van der Waals surface area contributed by atoms with E-state index in [-0.39, 0.29) is 36.7 Å². The van der Waals surface area contributed by atoms with Gasteiger partial charge in [0.1, 0.15) is 35.5 Å². The van der Waals surface area contributed by atoms with Gasteiger partial charge in [-0.2, -0.15) is 0 Å². The summed E-state index contributed by atoms with van der Waals surface area (Å²) in [5.74, 6) is -1.93. The van der Waals surface area contributed by atoms with E-state index in [1.54, 1.807) is 26.0 Å². The standard InChI is InChI=1S/C29H42N4O7/c1-4-29(3)28(40)31-22(17-19-12-14-20(35)15-13-19)27(39)33-16-8-10-23(33)26(38)30-21(25(37)32-29)9-6-5-7-11-24(36)18(2)34/h12-15,18,21-23,34-35H,4-11,16-17H2,1-3H3,(H,30,38)(H,31,40)(H,32,37)/t18-,21+,22-,23?,29+/m1/s1. The third-order valence-electron chi connectivity index (χ3n) is 7.94. The lowest BCUT2D eigenvalue weighted by molar-refractivity contribution is -0.144. The molecule has 2 aliphatic heterocycles. The third-order valence-corrected chi connectivity index (χ3v) is 7.94. The topological polar surface area (TPSA) is 165 Å². The van der Waals surface area contributed by atoms with Crippen molar-refractivity contribution >= 4 is 29.4 Å². The molecule has 5 atom stereocenters. The molecule has 0 saturated carbocycles. The first-order chi connectivity index (χ1) is 18.9. The summed E-state index contributed by atoms with van der Waals surface area (Å²) in [6.45, 7) is 5.14. The molecule has 2 heterocycles. The Morgan fingerprint density at radius 2 is 1.75 bits per heavy atom. The number of amides is 4. The van der Waals surface area contributed by atoms with Crippen LogP contribution in [0.2, 0.25) is 0 Å². The maximum absolute atomic E-state index is 13.7. The zero-order chi connectivity index (χ0) is 29.4. The Morgan fingerprint density at radius 3 is 2.40 bits per heavy atom. The van der Waals surface area contributed by atoms with Gasteiger partial charge in [-0.05, 0) is 63.6 Å². The summed E-state index contributed by atoms with van der Waals surface area (Å²) in [7, 11) is 0. The van der Waals surface area contributed by atoms with Gasteiger partial charge in [-0.15, -0.1) is 0 Å². The quantitative estimate of drug-likeness (QED) is 0.268. The smallest absolute Gasteiger partial charge is 0.246 e. The van der Waals surface area contributed by atoms with Crippen LogP contribution in [0.15, 0.2) is 24.3 Å². The number of hydrogen-bond donors (Lipinski definition) is 5. The molecule has 11 heteroatoms. The van der Waals surface area contributed by atoms with Crippen molar-refractivity contribution in [1.82, 2.24) is 20.9 Å². The number of unbranched alkanes of at least 4 members (excludes halogenated alkanes) is 2. The molecule has 2 aliphatic rings. The Bertz CT molecular complexity index is 1090. The number of hydrogen-bond acceptors (Lipinski definition) is 7. The molecule has 40 heavy (non-hydrogen) atoms. The lowest BCUT2D eigenvalue weighted by Gasteiger charge is -2.36. The number of phenolic OH excluding ortho intramolecular Hbond substituents is 1. The molecule has 4 amide bonds. The van der Waals surface area contributed by atoms with E-state index in [1.165, 1.54) is 24.0 Å². The van der Waals surface area contributed by atoms with Crippen LogP contribution in [-0.4, -0.2) is 80.8 Å². The number of carbonyl (C=O) groups excluding carboxylic acids is 5. The number of benzene rings is 1. The van der Waals surface area contributed by atoms with E-state index in [0.717, 1.165) is 5.56 Å². The lowest BCUT2D eigenvalue weighted by Crippen LogP contribution is -2.65. The van der Waals surface area contributed by atoms with Crippen molar-refractivity contribution in [3.63, 3.8) is 0 Å². The number of nitrogens with zero attached hydrogens (tertiary/aromatic N) is 1. The summed E-state index contributed by atoms with van der Waals surface area (Å²) in [5, 5.41) is 27.5. The van der Waals surface area contributed by atoms with Crippen LogP contribution in [0.3, 0.4) is 0 Å². The van der Waals surface area contributed by atoms with E-state index < -0.39 is 47.5 Å². The zero-order valence-corrected chi connectivity index (χ0v) is 23.6. The van der Waals surface area contributed by atoms with Crippen LogP contribution < -0.4 is 16.0 Å². The van der Waals surface area contributed by atoms with Crippen LogP contribution in [0.5, 0.6) is 5.75 Å². The Morgan fingerprint density at radius 1 is 1.05 bits per heavy atom. The van der Waals surface area contributed by atoms with E-state index in [4.69, 9.17) is 0 Å². The number of Topliss-reactive ketones (excluding diaryl/α,β-unsaturated/α-hetero) is 1. The predicted octanol–water partition coefficient (Wildman–Crippen LogP) is 1.09. The molecule has 0 aromatic heterocycles. The number of carbonyl (C=O) groups is 5. The highest BCUT2D eigenvalue weighted by atomic mass is 16.3. The highest BCUT2D eigenvalue weighted by molar-refractivity contribution is 5.99. The van der Waals surface area contributed by atoms with Gasteiger partial charge in [-0.25, -0.2) is 0 Å². The summed E-state index contributed by atoms with van der Waals surface area (Å²) in [6, 6.07) is 3.71. The summed E-state index contributed by atoms with van der Waals surface area (Å²) >= 11 is 0. The van der Waals surface area contributed by atoms with Gasteiger partial charge in [0.2, 0.25) is 23.6 Å². The maximum Gasteiger partial charge on any atom is 0.246 e. The molecule has 5 N–H and O–H groups in total. The fourth-order valence-corrected chi connectivity index (χ4v) is 5.12. The summed E-state index contributed by atoms with van der Waals surface area (Å²) in [5.41, 5.74) is -0.609. The minimum absolute atomic E-state index is 0.0816. The van der Waals surface area contributed by atoms with Crippen molar-refractivity contribution in [1.29, 1.82) is 0 Å². The van der Waals surface area contributed by atoms with Crippen LogP contribution >= 0.6 is 0 Å². The Hall–Kier alpha value is -3.47. The fraction of sp³-hybridized carbons (Fsp3) is 0.621. The number of aliphatic hydroxyl groups is 1. The Balaban J connectivity index is 1.82. The largest absolute Gasteiger partial charge is 0.508 e. The second kappa shape index (κ2) is 13.7. The minimum Gasteiger partial charge on any atom is -0.508 e. The van der Waals surface area contributed by atoms with Crippen molar-refractivity contribution in [3.8, 4) is 5.75 Å². The molecule has 1 aromatic carbocycles. The van der Waals surface area contributed by atoms with Gasteiger partial charge in [0.25, 0.3) is 0 Å². The predicted molar refractivity (Wildman–Crippen MR) is 147 cm³/mol. The molecule has 0 aliphatic carbocycles. The zero-order valence-electron chi connectivity index (χ0n) is 23.6. The average molecular weight is 559 g/mol. The Kier molecular flexibility index (Phi) is 10.7. The molecule has 11 nitrogen and oxygen atoms in total. The highest BCUT2D eigenvalue weighted by Crippen LogP contribution is 2.22. The second-order valence-electron chi connectivity index (χ2n) is 11.1. The molecular formula is C29H42N4O7. The first-order valence-corrected chi connectivity index (χ1v) is 14.2. The van der Waals surface area contributed by atoms with Crippen LogP contribution in [0.4, 0.5) is 0 Å². The molecule has 1 unspecified atom stereocenters. The van der Waals surface area contributed by atoms with Gasteiger partial charge in [0.05, 0.1) is 0 Å². The number of aliphatic hydroxyl groups excluding tert-OH is 1. The molecule has 1 aromatic rings. The van der Waals surface area contributed by atoms with Gasteiger partial charge >= 0.3 is 0 Å². The lowest BCUT2D eigenvalue weighted by atomic mass is 9.94. The van der Waals surface area contributed by atoms with Gasteiger partial charge in [0, 0.05) is 19.4 Å². The van der Waals surface area contributed by atoms with Crippen LogP contribution in [0.1, 0.15) is 77.7 Å². The molecule has 2 fully saturated rings.